The Bertz CT molecular complexity index is 1440. The molecule has 9 heteroatoms. The first-order chi connectivity index (χ1) is 16.4. The summed E-state index contributed by atoms with van der Waals surface area (Å²) in [6.45, 7) is 4.95. The monoisotopic (exact) mass is 495 g/mol. The number of H-pyrrole nitrogens is 1. The van der Waals surface area contributed by atoms with E-state index in [2.05, 4.69) is 9.98 Å². The highest BCUT2D eigenvalue weighted by molar-refractivity contribution is 6.30. The third-order valence-corrected chi connectivity index (χ3v) is 6.09. The Morgan fingerprint density at radius 1 is 1.20 bits per heavy atom. The third-order valence-electron chi connectivity index (χ3n) is 5.83. The minimum atomic E-state index is -1.34. The Morgan fingerprint density at radius 2 is 1.89 bits per heavy atom. The lowest BCUT2D eigenvalue weighted by molar-refractivity contribution is 0.0922. The average molecular weight is 496 g/mol. The van der Waals surface area contributed by atoms with Crippen molar-refractivity contribution in [1.29, 1.82) is 0 Å². The maximum atomic E-state index is 14.9. The SMILES string of the molecule is CC(C)(C)N(C(=O)O)c1cc(F)c2[nH]cc(C(=O)C3(Cc4ccc(Cl)cc4)C=CC=N3)c(=O)c2c1. The second-order valence-electron chi connectivity index (χ2n) is 9.36. The number of pyridine rings is 1. The number of hydrogen-bond donors (Lipinski definition) is 2. The summed E-state index contributed by atoms with van der Waals surface area (Å²) in [7, 11) is 0. The molecule has 0 aliphatic carbocycles. The number of amides is 1. The summed E-state index contributed by atoms with van der Waals surface area (Å²) in [6, 6.07) is 9.29. The molecule has 180 valence electrons. The highest BCUT2D eigenvalue weighted by Crippen LogP contribution is 2.30. The van der Waals surface area contributed by atoms with Gasteiger partial charge >= 0.3 is 6.09 Å². The van der Waals surface area contributed by atoms with E-state index in [9.17, 15) is 23.9 Å². The van der Waals surface area contributed by atoms with Crippen molar-refractivity contribution in [3.05, 3.63) is 86.9 Å². The van der Waals surface area contributed by atoms with Crippen molar-refractivity contribution in [2.45, 2.75) is 38.3 Å². The molecule has 1 aliphatic heterocycles. The molecule has 1 amide bonds. The molecule has 4 rings (SSSR count). The van der Waals surface area contributed by atoms with Gasteiger partial charge in [0.25, 0.3) is 0 Å². The standard InChI is InChI=1S/C26H23ClFN3O4/c1-25(2,3)31(24(34)35)17-11-18-21(20(28)12-17)29-14-19(22(18)32)23(33)26(9-4-10-30-26)13-15-5-7-16(27)8-6-15/h4-12,14H,13H2,1-3H3,(H,29,32)(H,34,35). The van der Waals surface area contributed by atoms with Crippen molar-refractivity contribution in [1.82, 2.24) is 4.98 Å². The number of nitrogens with one attached hydrogen (secondary N) is 1. The number of rotatable bonds is 5. The van der Waals surface area contributed by atoms with Gasteiger partial charge in [0.1, 0.15) is 11.4 Å². The van der Waals surface area contributed by atoms with Gasteiger partial charge in [-0.25, -0.2) is 9.18 Å². The number of carbonyl (C=O) groups is 2. The van der Waals surface area contributed by atoms with Gasteiger partial charge in [0.15, 0.2) is 11.2 Å². The van der Waals surface area contributed by atoms with E-state index in [4.69, 9.17) is 11.6 Å². The summed E-state index contributed by atoms with van der Waals surface area (Å²) < 4.78 is 14.9. The number of carboxylic acid groups (broad SMARTS) is 1. The zero-order valence-corrected chi connectivity index (χ0v) is 20.1. The van der Waals surface area contributed by atoms with E-state index in [1.165, 1.54) is 18.5 Å². The van der Waals surface area contributed by atoms with Crippen molar-refractivity contribution in [2.75, 3.05) is 4.90 Å². The first-order valence-corrected chi connectivity index (χ1v) is 11.2. The number of benzene rings is 2. The van der Waals surface area contributed by atoms with Crippen LogP contribution in [0.3, 0.4) is 0 Å². The van der Waals surface area contributed by atoms with E-state index < -0.39 is 34.2 Å². The third kappa shape index (κ3) is 4.49. The van der Waals surface area contributed by atoms with Gasteiger partial charge in [0.2, 0.25) is 0 Å². The van der Waals surface area contributed by atoms with Crippen LogP contribution in [0.5, 0.6) is 0 Å². The second kappa shape index (κ2) is 8.78. The zero-order chi connectivity index (χ0) is 25.5. The van der Waals surface area contributed by atoms with Gasteiger partial charge in [-0.15, -0.1) is 0 Å². The van der Waals surface area contributed by atoms with E-state index in [1.807, 2.05) is 0 Å². The number of allylic oxidation sites excluding steroid dienone is 1. The van der Waals surface area contributed by atoms with Gasteiger partial charge in [-0.05, 0) is 62.8 Å². The van der Waals surface area contributed by atoms with E-state index >= 15 is 0 Å². The molecule has 2 aromatic carbocycles. The molecule has 35 heavy (non-hydrogen) atoms. The van der Waals surface area contributed by atoms with Gasteiger partial charge in [0, 0.05) is 29.4 Å². The molecule has 1 unspecified atom stereocenters. The Labute approximate surface area is 205 Å². The minimum absolute atomic E-state index is 0.0141. The zero-order valence-electron chi connectivity index (χ0n) is 19.3. The highest BCUT2D eigenvalue weighted by atomic mass is 35.5. The van der Waals surface area contributed by atoms with Crippen molar-refractivity contribution in [3.8, 4) is 0 Å². The van der Waals surface area contributed by atoms with Gasteiger partial charge in [-0.1, -0.05) is 23.7 Å². The fourth-order valence-electron chi connectivity index (χ4n) is 4.24. The molecular weight excluding hydrogens is 473 g/mol. The molecule has 1 aromatic heterocycles. The molecule has 0 fully saturated rings. The summed E-state index contributed by atoms with van der Waals surface area (Å²) in [6.07, 6.45) is 4.82. The number of aromatic nitrogens is 1. The van der Waals surface area contributed by atoms with E-state index in [-0.39, 0.29) is 28.6 Å². The lowest BCUT2D eigenvalue weighted by atomic mass is 9.84. The first-order valence-electron chi connectivity index (χ1n) is 10.8. The lowest BCUT2D eigenvalue weighted by Gasteiger charge is -2.33. The van der Waals surface area contributed by atoms with Crippen LogP contribution in [-0.2, 0) is 6.42 Å². The number of aromatic amines is 1. The largest absolute Gasteiger partial charge is 0.465 e. The van der Waals surface area contributed by atoms with Crippen LogP contribution in [0.25, 0.3) is 10.9 Å². The van der Waals surface area contributed by atoms with Crippen molar-refractivity contribution in [3.63, 3.8) is 0 Å². The Hall–Kier alpha value is -3.78. The number of aliphatic imine (C=N–C) groups is 1. The molecular formula is C26H23ClFN3O4. The van der Waals surface area contributed by atoms with Gasteiger partial charge < -0.3 is 10.1 Å². The number of anilines is 1. The summed E-state index contributed by atoms with van der Waals surface area (Å²) in [5.41, 5.74) is -2.51. The molecule has 0 bridgehead atoms. The lowest BCUT2D eigenvalue weighted by Crippen LogP contribution is -2.45. The number of nitrogens with zero attached hydrogens (tertiary/aromatic N) is 2. The first kappa shape index (κ1) is 24.3. The van der Waals surface area contributed by atoms with Crippen molar-refractivity contribution in [2.24, 2.45) is 4.99 Å². The number of ketones is 1. The molecule has 0 radical (unpaired) electrons. The summed E-state index contributed by atoms with van der Waals surface area (Å²) in [4.78, 5) is 47.0. The van der Waals surface area contributed by atoms with E-state index in [0.717, 1.165) is 16.5 Å². The summed E-state index contributed by atoms with van der Waals surface area (Å²) in [5, 5.41) is 10.1. The van der Waals surface area contributed by atoms with Crippen LogP contribution in [-0.4, -0.2) is 39.3 Å². The fraction of sp³-hybridized carbons (Fsp3) is 0.231. The van der Waals surface area contributed by atoms with Crippen molar-refractivity contribution < 1.29 is 19.1 Å². The summed E-state index contributed by atoms with van der Waals surface area (Å²) in [5.74, 6) is -1.36. The van der Waals surface area contributed by atoms with Crippen LogP contribution in [0.15, 0.2) is 64.5 Å². The average Bonchev–Trinajstić information content (AvgIpc) is 3.24. The highest BCUT2D eigenvalue weighted by Gasteiger charge is 2.39. The topological polar surface area (TPSA) is 103 Å². The molecule has 0 spiro atoms. The summed E-state index contributed by atoms with van der Waals surface area (Å²) >= 11 is 5.97. The minimum Gasteiger partial charge on any atom is -0.465 e. The molecule has 7 nitrogen and oxygen atoms in total. The van der Waals surface area contributed by atoms with E-state index in [0.29, 0.717) is 5.02 Å². The molecule has 3 aromatic rings. The van der Waals surface area contributed by atoms with Gasteiger partial charge in [-0.2, -0.15) is 0 Å². The Morgan fingerprint density at radius 3 is 2.46 bits per heavy atom. The van der Waals surface area contributed by atoms with Crippen LogP contribution in [0.4, 0.5) is 14.9 Å². The van der Waals surface area contributed by atoms with Crippen LogP contribution < -0.4 is 10.3 Å². The molecule has 2 heterocycles. The second-order valence-corrected chi connectivity index (χ2v) is 9.80. The normalized spacial score (nSPS) is 17.2. The number of halogens is 2. The number of Topliss-reactive ketones (excluding diaryl/α,β-unsaturated/α-hetero) is 1. The quantitative estimate of drug-likeness (QED) is 0.462. The number of carbonyl (C=O) groups excluding carboxylic acids is 1. The molecule has 1 atom stereocenters. The maximum absolute atomic E-state index is 14.9. The van der Waals surface area contributed by atoms with Crippen LogP contribution in [0.1, 0.15) is 36.7 Å². The molecule has 1 aliphatic rings. The van der Waals surface area contributed by atoms with Crippen LogP contribution >= 0.6 is 11.6 Å². The van der Waals surface area contributed by atoms with Gasteiger partial charge in [0.05, 0.1) is 22.2 Å². The molecule has 2 N–H and O–H groups in total. The van der Waals surface area contributed by atoms with Crippen LogP contribution in [0, 0.1) is 5.82 Å². The predicted octanol–water partition coefficient (Wildman–Crippen LogP) is 5.41. The number of fused-ring (bicyclic) bond motifs is 1. The predicted molar refractivity (Wildman–Crippen MR) is 135 cm³/mol. The Balaban J connectivity index is 1.84. The molecule has 0 saturated carbocycles. The van der Waals surface area contributed by atoms with E-state index in [1.54, 1.807) is 57.2 Å². The smallest absolute Gasteiger partial charge is 0.412 e. The van der Waals surface area contributed by atoms with Crippen molar-refractivity contribution >= 4 is 46.3 Å². The maximum Gasteiger partial charge on any atom is 0.412 e. The van der Waals surface area contributed by atoms with Gasteiger partial charge in [-0.3, -0.25) is 19.5 Å². The Kier molecular flexibility index (Phi) is 6.11. The number of hydrogen-bond acceptors (Lipinski definition) is 4. The van der Waals surface area contributed by atoms with Crippen LogP contribution in [0.2, 0.25) is 5.02 Å². The molecule has 0 saturated heterocycles. The fourth-order valence-corrected chi connectivity index (χ4v) is 4.37.